The fourth-order valence-corrected chi connectivity index (χ4v) is 2.76. The van der Waals surface area contributed by atoms with Gasteiger partial charge in [-0.2, -0.15) is 0 Å². The minimum absolute atomic E-state index is 0.0755. The SMILES string of the molecule is O=C(NCCc1ccccc1)c1ccnc(NCC2CCCO2)c1. The fourth-order valence-electron chi connectivity index (χ4n) is 2.76. The van der Waals surface area contributed by atoms with Gasteiger partial charge in [0.2, 0.25) is 0 Å². The van der Waals surface area contributed by atoms with E-state index in [0.29, 0.717) is 17.9 Å². The van der Waals surface area contributed by atoms with Crippen LogP contribution in [0.15, 0.2) is 48.7 Å². The molecule has 0 bridgehead atoms. The molecule has 1 aromatic carbocycles. The zero-order valence-electron chi connectivity index (χ0n) is 13.7. The van der Waals surface area contributed by atoms with Crippen molar-refractivity contribution in [1.82, 2.24) is 10.3 Å². The van der Waals surface area contributed by atoms with Gasteiger partial charge in [-0.25, -0.2) is 4.98 Å². The third kappa shape index (κ3) is 4.80. The topological polar surface area (TPSA) is 63.2 Å². The summed E-state index contributed by atoms with van der Waals surface area (Å²) in [7, 11) is 0. The van der Waals surface area contributed by atoms with Crippen molar-refractivity contribution in [3.8, 4) is 0 Å². The summed E-state index contributed by atoms with van der Waals surface area (Å²) in [5, 5.41) is 6.20. The van der Waals surface area contributed by atoms with Crippen molar-refractivity contribution in [3.63, 3.8) is 0 Å². The summed E-state index contributed by atoms with van der Waals surface area (Å²) in [5.41, 5.74) is 1.83. The van der Waals surface area contributed by atoms with Crippen molar-refractivity contribution in [2.24, 2.45) is 0 Å². The lowest BCUT2D eigenvalue weighted by molar-refractivity contribution is 0.0954. The third-order valence-corrected chi connectivity index (χ3v) is 4.10. The molecule has 5 heteroatoms. The molecule has 24 heavy (non-hydrogen) atoms. The van der Waals surface area contributed by atoms with Crippen LogP contribution in [0.1, 0.15) is 28.8 Å². The van der Waals surface area contributed by atoms with E-state index < -0.39 is 0 Å². The van der Waals surface area contributed by atoms with Crippen LogP contribution < -0.4 is 10.6 Å². The second-order valence-electron chi connectivity index (χ2n) is 5.94. The van der Waals surface area contributed by atoms with Gasteiger partial charge in [0.05, 0.1) is 6.10 Å². The van der Waals surface area contributed by atoms with Crippen LogP contribution >= 0.6 is 0 Å². The highest BCUT2D eigenvalue weighted by atomic mass is 16.5. The summed E-state index contributed by atoms with van der Waals surface area (Å²) < 4.78 is 5.58. The maximum atomic E-state index is 12.3. The molecule has 126 valence electrons. The van der Waals surface area contributed by atoms with Gasteiger partial charge in [0.25, 0.3) is 5.91 Å². The molecule has 3 rings (SSSR count). The third-order valence-electron chi connectivity index (χ3n) is 4.10. The van der Waals surface area contributed by atoms with Crippen LogP contribution in [0.3, 0.4) is 0 Å². The number of carbonyl (C=O) groups excluding carboxylic acids is 1. The zero-order valence-corrected chi connectivity index (χ0v) is 13.7. The van der Waals surface area contributed by atoms with E-state index in [1.165, 1.54) is 5.56 Å². The van der Waals surface area contributed by atoms with Crippen LogP contribution in [0.2, 0.25) is 0 Å². The average Bonchev–Trinajstić information content (AvgIpc) is 3.15. The van der Waals surface area contributed by atoms with Gasteiger partial charge in [0, 0.05) is 31.5 Å². The normalized spacial score (nSPS) is 16.8. The Morgan fingerprint density at radius 2 is 2.12 bits per heavy atom. The molecule has 2 aromatic rings. The molecule has 0 saturated carbocycles. The molecule has 1 fully saturated rings. The highest BCUT2D eigenvalue weighted by Gasteiger charge is 2.15. The number of aromatic nitrogens is 1. The first-order valence-corrected chi connectivity index (χ1v) is 8.45. The molecule has 0 radical (unpaired) electrons. The standard InChI is InChI=1S/C19H23N3O2/c23-19(21-10-8-15-5-2-1-3-6-15)16-9-11-20-18(13-16)22-14-17-7-4-12-24-17/h1-3,5-6,9,11,13,17H,4,7-8,10,12,14H2,(H,20,22)(H,21,23). The lowest BCUT2D eigenvalue weighted by Crippen LogP contribution is -2.26. The first-order chi connectivity index (χ1) is 11.8. The summed E-state index contributed by atoms with van der Waals surface area (Å²) in [5.74, 6) is 0.634. The molecule has 2 heterocycles. The molecule has 0 aliphatic carbocycles. The fraction of sp³-hybridized carbons (Fsp3) is 0.368. The quantitative estimate of drug-likeness (QED) is 0.821. The van der Waals surface area contributed by atoms with Crippen molar-refractivity contribution in [1.29, 1.82) is 0 Å². The molecule has 1 aliphatic heterocycles. The maximum Gasteiger partial charge on any atom is 0.251 e. The smallest absolute Gasteiger partial charge is 0.251 e. The van der Waals surface area contributed by atoms with Crippen molar-refractivity contribution in [2.75, 3.05) is 25.0 Å². The highest BCUT2D eigenvalue weighted by molar-refractivity contribution is 5.94. The Morgan fingerprint density at radius 3 is 2.92 bits per heavy atom. The number of carbonyl (C=O) groups is 1. The van der Waals surface area contributed by atoms with Crippen molar-refractivity contribution >= 4 is 11.7 Å². The number of rotatable bonds is 7. The Morgan fingerprint density at radius 1 is 1.25 bits per heavy atom. The number of hydrogen-bond acceptors (Lipinski definition) is 4. The minimum Gasteiger partial charge on any atom is -0.376 e. The maximum absolute atomic E-state index is 12.3. The van der Waals surface area contributed by atoms with E-state index in [2.05, 4.69) is 27.8 Å². The molecule has 5 nitrogen and oxygen atoms in total. The van der Waals surface area contributed by atoms with E-state index in [1.54, 1.807) is 18.3 Å². The van der Waals surface area contributed by atoms with Gasteiger partial charge in [-0.05, 0) is 37.0 Å². The molecular formula is C19H23N3O2. The number of anilines is 1. The number of hydrogen-bond donors (Lipinski definition) is 2. The molecule has 2 N–H and O–H groups in total. The van der Waals surface area contributed by atoms with Crippen LogP contribution in [0.5, 0.6) is 0 Å². The van der Waals surface area contributed by atoms with Gasteiger partial charge in [-0.3, -0.25) is 4.79 Å². The van der Waals surface area contributed by atoms with Crippen molar-refractivity contribution < 1.29 is 9.53 Å². The monoisotopic (exact) mass is 325 g/mol. The van der Waals surface area contributed by atoms with Crippen LogP contribution in [-0.4, -0.2) is 36.7 Å². The number of ether oxygens (including phenoxy) is 1. The molecule has 1 unspecified atom stereocenters. The Bertz CT molecular complexity index is 655. The summed E-state index contributed by atoms with van der Waals surface area (Å²) in [4.78, 5) is 16.5. The average molecular weight is 325 g/mol. The van der Waals surface area contributed by atoms with E-state index in [0.717, 1.165) is 32.4 Å². The minimum atomic E-state index is -0.0755. The van der Waals surface area contributed by atoms with E-state index in [9.17, 15) is 4.79 Å². The highest BCUT2D eigenvalue weighted by Crippen LogP contribution is 2.13. The van der Waals surface area contributed by atoms with E-state index >= 15 is 0 Å². The van der Waals surface area contributed by atoms with Gasteiger partial charge in [0.15, 0.2) is 0 Å². The molecular weight excluding hydrogens is 302 g/mol. The van der Waals surface area contributed by atoms with Crippen LogP contribution in [0, 0.1) is 0 Å². The van der Waals surface area contributed by atoms with Crippen LogP contribution in [0.25, 0.3) is 0 Å². The summed E-state index contributed by atoms with van der Waals surface area (Å²) >= 11 is 0. The number of amides is 1. The van der Waals surface area contributed by atoms with E-state index in [-0.39, 0.29) is 12.0 Å². The predicted molar refractivity (Wildman–Crippen MR) is 94.2 cm³/mol. The first-order valence-electron chi connectivity index (χ1n) is 8.45. The summed E-state index contributed by atoms with van der Waals surface area (Å²) in [6.45, 7) is 2.18. The summed E-state index contributed by atoms with van der Waals surface area (Å²) in [6.07, 6.45) is 4.91. The lowest BCUT2D eigenvalue weighted by Gasteiger charge is -2.12. The Hall–Kier alpha value is -2.40. The number of benzene rings is 1. The Labute approximate surface area is 142 Å². The molecule has 1 aromatic heterocycles. The predicted octanol–water partition coefficient (Wildman–Crippen LogP) is 2.65. The molecule has 1 saturated heterocycles. The second-order valence-corrected chi connectivity index (χ2v) is 5.94. The number of pyridine rings is 1. The van der Waals surface area contributed by atoms with Gasteiger partial charge in [0.1, 0.15) is 5.82 Å². The second kappa shape index (κ2) is 8.45. The molecule has 1 aliphatic rings. The molecule has 0 spiro atoms. The van der Waals surface area contributed by atoms with Crippen molar-refractivity contribution in [3.05, 3.63) is 59.8 Å². The van der Waals surface area contributed by atoms with Gasteiger partial charge in [-0.15, -0.1) is 0 Å². The number of nitrogens with zero attached hydrogens (tertiary/aromatic N) is 1. The Balaban J connectivity index is 1.48. The molecule has 1 amide bonds. The van der Waals surface area contributed by atoms with Crippen LogP contribution in [-0.2, 0) is 11.2 Å². The van der Waals surface area contributed by atoms with Crippen LogP contribution in [0.4, 0.5) is 5.82 Å². The summed E-state index contributed by atoms with van der Waals surface area (Å²) in [6, 6.07) is 13.6. The van der Waals surface area contributed by atoms with E-state index in [1.807, 2.05) is 18.2 Å². The van der Waals surface area contributed by atoms with Crippen molar-refractivity contribution in [2.45, 2.75) is 25.4 Å². The lowest BCUT2D eigenvalue weighted by atomic mass is 10.1. The van der Waals surface area contributed by atoms with Gasteiger partial charge in [-0.1, -0.05) is 30.3 Å². The van der Waals surface area contributed by atoms with Gasteiger partial charge < -0.3 is 15.4 Å². The largest absolute Gasteiger partial charge is 0.376 e. The first kappa shape index (κ1) is 16.5. The van der Waals surface area contributed by atoms with Gasteiger partial charge >= 0.3 is 0 Å². The molecule has 1 atom stereocenters. The Kier molecular flexibility index (Phi) is 5.80. The number of nitrogens with one attached hydrogen (secondary N) is 2. The zero-order chi connectivity index (χ0) is 16.6. The van der Waals surface area contributed by atoms with E-state index in [4.69, 9.17) is 4.74 Å².